The molecule has 0 radical (unpaired) electrons. The number of nitrogens with zero attached hydrogens (tertiary/aromatic N) is 5. The molecule has 0 aliphatic rings. The summed E-state index contributed by atoms with van der Waals surface area (Å²) in [6, 6.07) is 12.5. The lowest BCUT2D eigenvalue weighted by atomic mass is 10.1. The molecule has 0 fully saturated rings. The molecule has 0 amide bonds. The number of imidazole rings is 1. The Morgan fingerprint density at radius 2 is 2.00 bits per heavy atom. The molecule has 2 aromatic heterocycles. The topological polar surface area (TPSA) is 66.5 Å². The molecule has 0 atom stereocenters. The van der Waals surface area contributed by atoms with Gasteiger partial charge < -0.3 is 9.64 Å². The van der Waals surface area contributed by atoms with E-state index in [4.69, 9.17) is 4.74 Å². The third-order valence-corrected chi connectivity index (χ3v) is 4.13. The maximum absolute atomic E-state index is 9.26. The Kier molecular flexibility index (Phi) is 4.57. The summed E-state index contributed by atoms with van der Waals surface area (Å²) in [5.74, 6) is 0.842. The zero-order valence-corrected chi connectivity index (χ0v) is 14.9. The van der Waals surface area contributed by atoms with Gasteiger partial charge in [-0.15, -0.1) is 0 Å². The first kappa shape index (κ1) is 16.8. The SMILES string of the molecule is COc1ccc(CN(c2cc(C)nn3c(C#N)cnc23)C(C)C)cc1. The molecule has 1 aromatic carbocycles. The van der Waals surface area contributed by atoms with Crippen molar-refractivity contribution in [1.82, 2.24) is 14.6 Å². The number of aromatic nitrogens is 3. The van der Waals surface area contributed by atoms with Crippen LogP contribution in [0.5, 0.6) is 5.75 Å². The second-order valence-corrected chi connectivity index (χ2v) is 6.23. The molecular weight excluding hydrogens is 314 g/mol. The van der Waals surface area contributed by atoms with E-state index in [0.717, 1.165) is 23.7 Å². The van der Waals surface area contributed by atoms with E-state index < -0.39 is 0 Å². The van der Waals surface area contributed by atoms with Gasteiger partial charge in [-0.2, -0.15) is 10.4 Å². The predicted octanol–water partition coefficient (Wildman–Crippen LogP) is 3.33. The fraction of sp³-hybridized carbons (Fsp3) is 0.316. The van der Waals surface area contributed by atoms with Crippen molar-refractivity contribution in [3.8, 4) is 11.8 Å². The van der Waals surface area contributed by atoms with Crippen molar-refractivity contribution in [3.05, 3.63) is 53.5 Å². The number of aryl methyl sites for hydroxylation is 1. The van der Waals surface area contributed by atoms with E-state index in [1.165, 1.54) is 5.56 Å². The van der Waals surface area contributed by atoms with Crippen LogP contribution >= 0.6 is 0 Å². The monoisotopic (exact) mass is 335 g/mol. The van der Waals surface area contributed by atoms with Crippen LogP contribution in [-0.4, -0.2) is 27.7 Å². The highest BCUT2D eigenvalue weighted by atomic mass is 16.5. The fourth-order valence-corrected chi connectivity index (χ4v) is 2.83. The van der Waals surface area contributed by atoms with Crippen molar-refractivity contribution in [1.29, 1.82) is 5.26 Å². The van der Waals surface area contributed by atoms with E-state index in [1.54, 1.807) is 17.8 Å². The van der Waals surface area contributed by atoms with Crippen LogP contribution < -0.4 is 9.64 Å². The molecule has 6 heteroatoms. The highest BCUT2D eigenvalue weighted by Crippen LogP contribution is 2.26. The summed E-state index contributed by atoms with van der Waals surface area (Å²) in [7, 11) is 1.66. The van der Waals surface area contributed by atoms with Crippen LogP contribution in [0.25, 0.3) is 5.65 Å². The minimum atomic E-state index is 0.259. The summed E-state index contributed by atoms with van der Waals surface area (Å²) in [5, 5.41) is 13.7. The van der Waals surface area contributed by atoms with Gasteiger partial charge in [-0.25, -0.2) is 9.50 Å². The third kappa shape index (κ3) is 3.26. The summed E-state index contributed by atoms with van der Waals surface area (Å²) >= 11 is 0. The minimum Gasteiger partial charge on any atom is -0.497 e. The minimum absolute atomic E-state index is 0.259. The van der Waals surface area contributed by atoms with Crippen molar-refractivity contribution < 1.29 is 4.74 Å². The van der Waals surface area contributed by atoms with Crippen molar-refractivity contribution in [2.45, 2.75) is 33.4 Å². The quantitative estimate of drug-likeness (QED) is 0.715. The number of ether oxygens (including phenoxy) is 1. The van der Waals surface area contributed by atoms with Gasteiger partial charge in [0.05, 0.1) is 24.7 Å². The van der Waals surface area contributed by atoms with E-state index in [2.05, 4.69) is 47.0 Å². The molecule has 25 heavy (non-hydrogen) atoms. The van der Waals surface area contributed by atoms with E-state index in [0.29, 0.717) is 11.3 Å². The summed E-state index contributed by atoms with van der Waals surface area (Å²) in [6.45, 7) is 6.94. The maximum atomic E-state index is 9.26. The average Bonchev–Trinajstić information content (AvgIpc) is 3.02. The van der Waals surface area contributed by atoms with Gasteiger partial charge in [0.1, 0.15) is 11.8 Å². The number of benzene rings is 1. The van der Waals surface area contributed by atoms with Crippen LogP contribution in [-0.2, 0) is 6.54 Å². The molecule has 0 bridgehead atoms. The predicted molar refractivity (Wildman–Crippen MR) is 96.8 cm³/mol. The molecule has 0 N–H and O–H groups in total. The smallest absolute Gasteiger partial charge is 0.178 e. The normalized spacial score (nSPS) is 10.9. The lowest BCUT2D eigenvalue weighted by molar-refractivity contribution is 0.414. The third-order valence-electron chi connectivity index (χ3n) is 4.13. The molecule has 0 spiro atoms. The number of hydrogen-bond acceptors (Lipinski definition) is 5. The zero-order valence-electron chi connectivity index (χ0n) is 14.9. The van der Waals surface area contributed by atoms with Crippen LogP contribution in [0.15, 0.2) is 36.5 Å². The standard InChI is InChI=1S/C19H21N5O/c1-13(2)23(12-15-5-7-17(25-4)8-6-15)18-9-14(3)22-24-16(10-20)11-21-19(18)24/h5-9,11,13H,12H2,1-4H3. The highest BCUT2D eigenvalue weighted by molar-refractivity contribution is 5.70. The lowest BCUT2D eigenvalue weighted by Crippen LogP contribution is -2.31. The van der Waals surface area contributed by atoms with Crippen LogP contribution in [0.2, 0.25) is 0 Å². The zero-order chi connectivity index (χ0) is 18.0. The van der Waals surface area contributed by atoms with E-state index in [1.807, 2.05) is 25.1 Å². The molecule has 0 unspecified atom stereocenters. The summed E-state index contributed by atoms with van der Waals surface area (Å²) < 4.78 is 6.85. The van der Waals surface area contributed by atoms with E-state index >= 15 is 0 Å². The van der Waals surface area contributed by atoms with Crippen LogP contribution in [0, 0.1) is 18.3 Å². The molecule has 3 aromatic rings. The fourth-order valence-electron chi connectivity index (χ4n) is 2.83. The van der Waals surface area contributed by atoms with Gasteiger partial charge in [-0.1, -0.05) is 12.1 Å². The Balaban J connectivity index is 2.04. The lowest BCUT2D eigenvalue weighted by Gasteiger charge is -2.29. The molecule has 0 aliphatic carbocycles. The maximum Gasteiger partial charge on any atom is 0.178 e. The summed E-state index contributed by atoms with van der Waals surface area (Å²) in [4.78, 5) is 6.68. The largest absolute Gasteiger partial charge is 0.497 e. The van der Waals surface area contributed by atoms with Crippen molar-refractivity contribution in [2.24, 2.45) is 0 Å². The molecule has 0 saturated carbocycles. The molecule has 2 heterocycles. The Labute approximate surface area is 147 Å². The molecule has 128 valence electrons. The van der Waals surface area contributed by atoms with Gasteiger partial charge in [0.2, 0.25) is 0 Å². The molecule has 6 nitrogen and oxygen atoms in total. The van der Waals surface area contributed by atoms with Gasteiger partial charge in [-0.3, -0.25) is 0 Å². The highest BCUT2D eigenvalue weighted by Gasteiger charge is 2.18. The van der Waals surface area contributed by atoms with E-state index in [-0.39, 0.29) is 6.04 Å². The number of anilines is 1. The van der Waals surface area contributed by atoms with Gasteiger partial charge in [0, 0.05) is 12.6 Å². The number of methoxy groups -OCH3 is 1. The number of hydrogen-bond donors (Lipinski definition) is 0. The summed E-state index contributed by atoms with van der Waals surface area (Å²) in [5.41, 5.74) is 4.13. The second-order valence-electron chi connectivity index (χ2n) is 6.23. The van der Waals surface area contributed by atoms with Crippen LogP contribution in [0.4, 0.5) is 5.69 Å². The van der Waals surface area contributed by atoms with Gasteiger partial charge >= 0.3 is 0 Å². The Bertz CT molecular complexity index is 921. The Morgan fingerprint density at radius 3 is 2.60 bits per heavy atom. The number of rotatable bonds is 5. The summed E-state index contributed by atoms with van der Waals surface area (Å²) in [6.07, 6.45) is 1.57. The second kappa shape index (κ2) is 6.81. The molecule has 0 saturated heterocycles. The van der Waals surface area contributed by atoms with Crippen LogP contribution in [0.1, 0.15) is 30.8 Å². The van der Waals surface area contributed by atoms with Gasteiger partial charge in [-0.05, 0) is 44.5 Å². The van der Waals surface area contributed by atoms with Crippen molar-refractivity contribution in [2.75, 3.05) is 12.0 Å². The average molecular weight is 335 g/mol. The first-order valence-corrected chi connectivity index (χ1v) is 8.18. The molecule has 0 aliphatic heterocycles. The number of nitriles is 1. The van der Waals surface area contributed by atoms with E-state index in [9.17, 15) is 5.26 Å². The number of fused-ring (bicyclic) bond motifs is 1. The first-order chi connectivity index (χ1) is 12.0. The molecular formula is C19H21N5O. The van der Waals surface area contributed by atoms with Crippen molar-refractivity contribution >= 4 is 11.3 Å². The molecule has 3 rings (SSSR count). The Morgan fingerprint density at radius 1 is 1.28 bits per heavy atom. The Hall–Kier alpha value is -3.07. The first-order valence-electron chi connectivity index (χ1n) is 8.18. The van der Waals surface area contributed by atoms with Gasteiger partial charge in [0.25, 0.3) is 0 Å². The van der Waals surface area contributed by atoms with Gasteiger partial charge in [0.15, 0.2) is 11.3 Å². The van der Waals surface area contributed by atoms with Crippen molar-refractivity contribution in [3.63, 3.8) is 0 Å². The van der Waals surface area contributed by atoms with Crippen LogP contribution in [0.3, 0.4) is 0 Å².